The van der Waals surface area contributed by atoms with Gasteiger partial charge >= 0.3 is 0 Å². The number of rotatable bonds is 4. The number of carbonyl (C=O) groups is 1. The highest BCUT2D eigenvalue weighted by atomic mass is 35.5. The van der Waals surface area contributed by atoms with E-state index in [-0.39, 0.29) is 24.2 Å². The molecule has 0 radical (unpaired) electrons. The van der Waals surface area contributed by atoms with Crippen molar-refractivity contribution in [3.05, 3.63) is 96.3 Å². The van der Waals surface area contributed by atoms with Gasteiger partial charge in [0.15, 0.2) is 0 Å². The van der Waals surface area contributed by atoms with E-state index in [4.69, 9.17) is 0 Å². The summed E-state index contributed by atoms with van der Waals surface area (Å²) in [5.74, 6) is -0.390. The number of hydrogen-bond donors (Lipinski definition) is 1. The Labute approximate surface area is 141 Å². The van der Waals surface area contributed by atoms with Crippen LogP contribution in [0.15, 0.2) is 85.2 Å². The molecule has 1 heterocycles. The van der Waals surface area contributed by atoms with Crippen LogP contribution >= 0.6 is 12.4 Å². The first-order valence-corrected chi connectivity index (χ1v) is 7.15. The molecule has 0 bridgehead atoms. The molecule has 0 aliphatic heterocycles. The molecule has 4 heteroatoms. The summed E-state index contributed by atoms with van der Waals surface area (Å²) < 4.78 is 0. The van der Waals surface area contributed by atoms with E-state index in [0.717, 1.165) is 16.8 Å². The Morgan fingerprint density at radius 3 is 1.74 bits per heavy atom. The van der Waals surface area contributed by atoms with Crippen molar-refractivity contribution in [2.45, 2.75) is 5.92 Å². The van der Waals surface area contributed by atoms with E-state index in [0.29, 0.717) is 0 Å². The first kappa shape index (κ1) is 16.7. The van der Waals surface area contributed by atoms with Crippen LogP contribution < -0.4 is 5.32 Å². The van der Waals surface area contributed by atoms with Gasteiger partial charge in [-0.15, -0.1) is 12.4 Å². The summed E-state index contributed by atoms with van der Waals surface area (Å²) in [5, 5.41) is 2.96. The Hall–Kier alpha value is -2.65. The average Bonchev–Trinajstić information content (AvgIpc) is 2.58. The Morgan fingerprint density at radius 1 is 0.783 bits per heavy atom. The van der Waals surface area contributed by atoms with Gasteiger partial charge in [-0.2, -0.15) is 0 Å². The van der Waals surface area contributed by atoms with Crippen LogP contribution in [0.1, 0.15) is 17.0 Å². The number of pyridine rings is 1. The molecule has 3 aromatic rings. The van der Waals surface area contributed by atoms with Gasteiger partial charge in [-0.05, 0) is 23.3 Å². The lowest BCUT2D eigenvalue weighted by atomic mass is 9.90. The van der Waals surface area contributed by atoms with E-state index < -0.39 is 0 Å². The van der Waals surface area contributed by atoms with Crippen LogP contribution in [-0.4, -0.2) is 10.9 Å². The van der Waals surface area contributed by atoms with Crippen molar-refractivity contribution in [3.8, 4) is 0 Å². The summed E-state index contributed by atoms with van der Waals surface area (Å²) in [5.41, 5.74) is 2.69. The quantitative estimate of drug-likeness (QED) is 0.778. The van der Waals surface area contributed by atoms with Crippen LogP contribution in [-0.2, 0) is 4.79 Å². The predicted octanol–water partition coefficient (Wildman–Crippen LogP) is 4.27. The lowest BCUT2D eigenvalue weighted by molar-refractivity contribution is -0.116. The lowest BCUT2D eigenvalue weighted by Gasteiger charge is -2.17. The van der Waals surface area contributed by atoms with Crippen LogP contribution in [0.2, 0.25) is 0 Å². The van der Waals surface area contributed by atoms with Gasteiger partial charge in [0.05, 0.1) is 5.92 Å². The van der Waals surface area contributed by atoms with Gasteiger partial charge in [-0.3, -0.25) is 9.78 Å². The number of carbonyl (C=O) groups excluding carboxylic acids is 1. The van der Waals surface area contributed by atoms with Crippen LogP contribution in [0, 0.1) is 0 Å². The van der Waals surface area contributed by atoms with Gasteiger partial charge in [-0.25, -0.2) is 0 Å². The first-order chi connectivity index (χ1) is 10.8. The molecule has 3 nitrogen and oxygen atoms in total. The molecule has 0 saturated heterocycles. The third kappa shape index (κ3) is 4.18. The van der Waals surface area contributed by atoms with Crippen molar-refractivity contribution in [2.24, 2.45) is 0 Å². The monoisotopic (exact) mass is 324 g/mol. The van der Waals surface area contributed by atoms with Crippen LogP contribution in [0.25, 0.3) is 0 Å². The maximum Gasteiger partial charge on any atom is 0.236 e. The summed E-state index contributed by atoms with van der Waals surface area (Å²) in [4.78, 5) is 16.7. The fourth-order valence-corrected chi connectivity index (χ4v) is 2.44. The molecule has 23 heavy (non-hydrogen) atoms. The molecule has 0 aliphatic rings. The van der Waals surface area contributed by atoms with Crippen LogP contribution in [0.3, 0.4) is 0 Å². The standard InChI is InChI=1S/C19H16N2O.ClH/c22-19(21-17-11-13-20-14-12-17)18(15-7-3-1-4-8-15)16-9-5-2-6-10-16;/h1-14,18H,(H,20,21,22);1H. The van der Waals surface area contributed by atoms with Gasteiger partial charge in [0, 0.05) is 18.1 Å². The normalized spacial score (nSPS) is 9.96. The number of benzene rings is 2. The topological polar surface area (TPSA) is 42.0 Å². The van der Waals surface area contributed by atoms with Crippen molar-refractivity contribution in [3.63, 3.8) is 0 Å². The minimum absolute atomic E-state index is 0. The van der Waals surface area contributed by atoms with E-state index >= 15 is 0 Å². The highest BCUT2D eigenvalue weighted by Gasteiger charge is 2.22. The zero-order valence-corrected chi connectivity index (χ0v) is 13.2. The van der Waals surface area contributed by atoms with E-state index in [1.54, 1.807) is 24.5 Å². The van der Waals surface area contributed by atoms with Crippen LogP contribution in [0.5, 0.6) is 0 Å². The molecule has 0 atom stereocenters. The van der Waals surface area contributed by atoms with Gasteiger partial charge in [0.25, 0.3) is 0 Å². The zero-order chi connectivity index (χ0) is 15.2. The molecule has 1 aromatic heterocycles. The number of halogens is 1. The third-order valence-corrected chi connectivity index (χ3v) is 3.48. The number of anilines is 1. The molecule has 0 spiro atoms. The summed E-state index contributed by atoms with van der Waals surface area (Å²) >= 11 is 0. The molecule has 2 aromatic carbocycles. The average molecular weight is 325 g/mol. The SMILES string of the molecule is Cl.O=C(Nc1ccncc1)C(c1ccccc1)c1ccccc1. The molecule has 0 saturated carbocycles. The Balaban J connectivity index is 0.00000192. The maximum absolute atomic E-state index is 12.8. The van der Waals surface area contributed by atoms with Crippen molar-refractivity contribution in [1.82, 2.24) is 4.98 Å². The summed E-state index contributed by atoms with van der Waals surface area (Å²) in [6.07, 6.45) is 3.32. The summed E-state index contributed by atoms with van der Waals surface area (Å²) in [6.45, 7) is 0. The minimum atomic E-state index is -0.337. The van der Waals surface area contributed by atoms with Crippen molar-refractivity contribution in [2.75, 3.05) is 5.32 Å². The smallest absolute Gasteiger partial charge is 0.236 e. The fourth-order valence-electron chi connectivity index (χ4n) is 2.44. The largest absolute Gasteiger partial charge is 0.325 e. The molecular formula is C19H17ClN2O. The second kappa shape index (κ2) is 8.11. The van der Waals surface area contributed by atoms with E-state index in [1.165, 1.54) is 0 Å². The van der Waals surface area contributed by atoms with Gasteiger partial charge in [0.1, 0.15) is 0 Å². The second-order valence-electron chi connectivity index (χ2n) is 4.98. The number of amides is 1. The Kier molecular flexibility index (Phi) is 5.89. The molecule has 3 rings (SSSR count). The summed E-state index contributed by atoms with van der Waals surface area (Å²) in [6, 6.07) is 23.2. The van der Waals surface area contributed by atoms with Crippen LogP contribution in [0.4, 0.5) is 5.69 Å². The highest BCUT2D eigenvalue weighted by Crippen LogP contribution is 2.26. The molecule has 0 fully saturated rings. The van der Waals surface area contributed by atoms with E-state index in [9.17, 15) is 4.79 Å². The Bertz CT molecular complexity index is 694. The number of hydrogen-bond acceptors (Lipinski definition) is 2. The molecule has 0 unspecified atom stereocenters. The molecule has 0 aliphatic carbocycles. The van der Waals surface area contributed by atoms with E-state index in [1.807, 2.05) is 60.7 Å². The van der Waals surface area contributed by atoms with Crippen molar-refractivity contribution < 1.29 is 4.79 Å². The number of nitrogens with one attached hydrogen (secondary N) is 1. The molecular weight excluding hydrogens is 308 g/mol. The molecule has 1 amide bonds. The fraction of sp³-hybridized carbons (Fsp3) is 0.0526. The zero-order valence-electron chi connectivity index (χ0n) is 12.4. The molecule has 1 N–H and O–H groups in total. The van der Waals surface area contributed by atoms with Gasteiger partial charge < -0.3 is 5.32 Å². The second-order valence-corrected chi connectivity index (χ2v) is 4.98. The first-order valence-electron chi connectivity index (χ1n) is 7.15. The maximum atomic E-state index is 12.8. The number of nitrogens with zero attached hydrogens (tertiary/aromatic N) is 1. The minimum Gasteiger partial charge on any atom is -0.325 e. The summed E-state index contributed by atoms with van der Waals surface area (Å²) in [7, 11) is 0. The van der Waals surface area contributed by atoms with Gasteiger partial charge in [0.2, 0.25) is 5.91 Å². The third-order valence-electron chi connectivity index (χ3n) is 3.48. The lowest BCUT2D eigenvalue weighted by Crippen LogP contribution is -2.22. The van der Waals surface area contributed by atoms with E-state index in [2.05, 4.69) is 10.3 Å². The van der Waals surface area contributed by atoms with Crippen molar-refractivity contribution >= 4 is 24.0 Å². The van der Waals surface area contributed by atoms with Gasteiger partial charge in [-0.1, -0.05) is 60.7 Å². The number of aromatic nitrogens is 1. The van der Waals surface area contributed by atoms with Crippen molar-refractivity contribution in [1.29, 1.82) is 0 Å². The molecule has 116 valence electrons. The predicted molar refractivity (Wildman–Crippen MR) is 94.8 cm³/mol. The Morgan fingerprint density at radius 2 is 1.26 bits per heavy atom. The highest BCUT2D eigenvalue weighted by molar-refractivity contribution is 5.98.